The summed E-state index contributed by atoms with van der Waals surface area (Å²) in [5, 5.41) is 2.88. The van der Waals surface area contributed by atoms with Gasteiger partial charge in [0.2, 0.25) is 0 Å². The first-order valence-corrected chi connectivity index (χ1v) is 8.16. The molecular formula is C19H23N3O3. The van der Waals surface area contributed by atoms with E-state index in [1.807, 2.05) is 19.1 Å². The molecule has 0 spiro atoms. The SMILES string of the molecule is C=CCn1c(C)c(C(=O)NCc2cccnc2)c(C)c1C(=O)OCC. The first-order chi connectivity index (χ1) is 12.0. The van der Waals surface area contributed by atoms with Gasteiger partial charge in [0.1, 0.15) is 5.69 Å². The van der Waals surface area contributed by atoms with Gasteiger partial charge in [0.25, 0.3) is 5.91 Å². The number of allylic oxidation sites excluding steroid dienone is 1. The number of rotatable bonds is 7. The molecule has 0 aliphatic rings. The van der Waals surface area contributed by atoms with E-state index in [-0.39, 0.29) is 12.5 Å². The Bertz CT molecular complexity index is 779. The zero-order chi connectivity index (χ0) is 18.4. The zero-order valence-corrected chi connectivity index (χ0v) is 14.8. The Kier molecular flexibility index (Phi) is 6.11. The fourth-order valence-corrected chi connectivity index (χ4v) is 2.82. The molecule has 0 aliphatic carbocycles. The summed E-state index contributed by atoms with van der Waals surface area (Å²) in [4.78, 5) is 29.0. The Labute approximate surface area is 147 Å². The number of pyridine rings is 1. The van der Waals surface area contributed by atoms with E-state index in [0.717, 1.165) is 5.56 Å². The number of carbonyl (C=O) groups excluding carboxylic acids is 2. The summed E-state index contributed by atoms with van der Waals surface area (Å²) in [5.74, 6) is -0.663. The predicted octanol–water partition coefficient (Wildman–Crippen LogP) is 2.79. The van der Waals surface area contributed by atoms with Crippen molar-refractivity contribution >= 4 is 11.9 Å². The maximum absolute atomic E-state index is 12.7. The van der Waals surface area contributed by atoms with Gasteiger partial charge in [0, 0.05) is 31.2 Å². The molecule has 1 N–H and O–H groups in total. The number of hydrogen-bond donors (Lipinski definition) is 1. The summed E-state index contributed by atoms with van der Waals surface area (Å²) >= 11 is 0. The molecule has 0 radical (unpaired) electrons. The van der Waals surface area contributed by atoms with Crippen LogP contribution >= 0.6 is 0 Å². The van der Waals surface area contributed by atoms with Gasteiger partial charge in [-0.05, 0) is 38.0 Å². The summed E-state index contributed by atoms with van der Waals surface area (Å²) in [6.07, 6.45) is 5.07. The lowest BCUT2D eigenvalue weighted by Crippen LogP contribution is -2.24. The molecule has 25 heavy (non-hydrogen) atoms. The average molecular weight is 341 g/mol. The summed E-state index contributed by atoms with van der Waals surface area (Å²) in [7, 11) is 0. The van der Waals surface area contributed by atoms with Gasteiger partial charge in [-0.3, -0.25) is 9.78 Å². The molecule has 2 aromatic rings. The lowest BCUT2D eigenvalue weighted by atomic mass is 10.1. The molecule has 1 amide bonds. The van der Waals surface area contributed by atoms with Gasteiger partial charge in [0.05, 0.1) is 12.2 Å². The second-order valence-corrected chi connectivity index (χ2v) is 5.60. The smallest absolute Gasteiger partial charge is 0.355 e. The number of esters is 1. The number of amides is 1. The number of ether oxygens (including phenoxy) is 1. The number of hydrogen-bond acceptors (Lipinski definition) is 4. The van der Waals surface area contributed by atoms with E-state index in [9.17, 15) is 9.59 Å². The molecule has 2 aromatic heterocycles. The Morgan fingerprint density at radius 1 is 1.40 bits per heavy atom. The Hall–Kier alpha value is -2.89. The molecule has 0 saturated heterocycles. The van der Waals surface area contributed by atoms with Gasteiger partial charge < -0.3 is 14.6 Å². The largest absolute Gasteiger partial charge is 0.461 e. The van der Waals surface area contributed by atoms with E-state index in [1.165, 1.54) is 0 Å². The summed E-state index contributed by atoms with van der Waals surface area (Å²) in [6, 6.07) is 3.71. The van der Waals surface area contributed by atoms with Crippen LogP contribution in [0.25, 0.3) is 0 Å². The second kappa shape index (κ2) is 8.28. The van der Waals surface area contributed by atoms with Gasteiger partial charge in [0.15, 0.2) is 0 Å². The number of nitrogens with one attached hydrogen (secondary N) is 1. The van der Waals surface area contributed by atoms with Crippen LogP contribution in [0.4, 0.5) is 0 Å². The zero-order valence-electron chi connectivity index (χ0n) is 14.8. The topological polar surface area (TPSA) is 73.2 Å². The van der Waals surface area contributed by atoms with Crippen molar-refractivity contribution in [3.05, 3.63) is 65.3 Å². The van der Waals surface area contributed by atoms with Gasteiger partial charge in [-0.15, -0.1) is 6.58 Å². The van der Waals surface area contributed by atoms with Crippen LogP contribution in [0.2, 0.25) is 0 Å². The van der Waals surface area contributed by atoms with Crippen LogP contribution in [0, 0.1) is 13.8 Å². The Balaban J connectivity index is 2.33. The number of aromatic nitrogens is 2. The Morgan fingerprint density at radius 3 is 2.76 bits per heavy atom. The third-order valence-electron chi connectivity index (χ3n) is 3.95. The van der Waals surface area contributed by atoms with Crippen LogP contribution in [-0.4, -0.2) is 28.0 Å². The van der Waals surface area contributed by atoms with Gasteiger partial charge >= 0.3 is 5.97 Å². The van der Waals surface area contributed by atoms with E-state index >= 15 is 0 Å². The van der Waals surface area contributed by atoms with Crippen LogP contribution in [0.15, 0.2) is 37.2 Å². The van der Waals surface area contributed by atoms with Crippen molar-refractivity contribution in [1.29, 1.82) is 0 Å². The predicted molar refractivity (Wildman–Crippen MR) is 95.5 cm³/mol. The molecule has 0 aliphatic heterocycles. The molecule has 0 atom stereocenters. The van der Waals surface area contributed by atoms with Crippen molar-refractivity contribution in [1.82, 2.24) is 14.9 Å². The first kappa shape index (κ1) is 18.4. The highest BCUT2D eigenvalue weighted by molar-refractivity contribution is 6.01. The maximum Gasteiger partial charge on any atom is 0.355 e. The van der Waals surface area contributed by atoms with E-state index in [2.05, 4.69) is 16.9 Å². The minimum Gasteiger partial charge on any atom is -0.461 e. The second-order valence-electron chi connectivity index (χ2n) is 5.60. The standard InChI is InChI=1S/C19H23N3O3/c1-5-10-22-14(4)16(13(3)17(22)19(24)25-6-2)18(23)21-12-15-8-7-9-20-11-15/h5,7-9,11H,1,6,10,12H2,2-4H3,(H,21,23). The molecule has 2 rings (SSSR count). The molecule has 0 saturated carbocycles. The fraction of sp³-hybridized carbons (Fsp3) is 0.316. The van der Waals surface area contributed by atoms with Crippen LogP contribution in [0.3, 0.4) is 0 Å². The van der Waals surface area contributed by atoms with Crippen molar-refractivity contribution in [2.75, 3.05) is 6.61 Å². The highest BCUT2D eigenvalue weighted by Crippen LogP contribution is 2.23. The highest BCUT2D eigenvalue weighted by atomic mass is 16.5. The molecule has 2 heterocycles. The minimum atomic E-state index is -0.434. The monoisotopic (exact) mass is 341 g/mol. The Morgan fingerprint density at radius 2 is 2.16 bits per heavy atom. The lowest BCUT2D eigenvalue weighted by Gasteiger charge is -2.09. The molecule has 132 valence electrons. The van der Waals surface area contributed by atoms with Crippen molar-refractivity contribution in [3.8, 4) is 0 Å². The first-order valence-electron chi connectivity index (χ1n) is 8.16. The van der Waals surface area contributed by atoms with Crippen LogP contribution in [-0.2, 0) is 17.8 Å². The summed E-state index contributed by atoms with van der Waals surface area (Å²) < 4.78 is 6.90. The highest BCUT2D eigenvalue weighted by Gasteiger charge is 2.26. The fourth-order valence-electron chi connectivity index (χ4n) is 2.82. The third-order valence-corrected chi connectivity index (χ3v) is 3.95. The van der Waals surface area contributed by atoms with E-state index < -0.39 is 5.97 Å². The quantitative estimate of drug-likeness (QED) is 0.621. The molecule has 0 unspecified atom stereocenters. The number of carbonyl (C=O) groups is 2. The van der Waals surface area contributed by atoms with E-state index in [4.69, 9.17) is 4.74 Å². The van der Waals surface area contributed by atoms with Gasteiger partial charge in [-0.2, -0.15) is 0 Å². The molecule has 6 heteroatoms. The van der Waals surface area contributed by atoms with Gasteiger partial charge in [-0.25, -0.2) is 4.79 Å². The van der Waals surface area contributed by atoms with E-state index in [0.29, 0.717) is 35.6 Å². The molecule has 0 bridgehead atoms. The van der Waals surface area contributed by atoms with Crippen LogP contribution in [0.5, 0.6) is 0 Å². The van der Waals surface area contributed by atoms with Crippen molar-refractivity contribution in [3.63, 3.8) is 0 Å². The molecule has 0 aromatic carbocycles. The minimum absolute atomic E-state index is 0.229. The van der Waals surface area contributed by atoms with Crippen molar-refractivity contribution in [2.45, 2.75) is 33.9 Å². The molecule has 0 fully saturated rings. The van der Waals surface area contributed by atoms with Crippen LogP contribution in [0.1, 0.15) is 44.6 Å². The summed E-state index contributed by atoms with van der Waals surface area (Å²) in [6.45, 7) is 10.1. The number of nitrogens with zero attached hydrogens (tertiary/aromatic N) is 2. The van der Waals surface area contributed by atoms with Crippen molar-refractivity contribution in [2.24, 2.45) is 0 Å². The van der Waals surface area contributed by atoms with E-state index in [1.54, 1.807) is 36.9 Å². The summed E-state index contributed by atoms with van der Waals surface area (Å²) in [5.41, 5.74) is 3.12. The third kappa shape index (κ3) is 3.96. The molecular weight excluding hydrogens is 318 g/mol. The van der Waals surface area contributed by atoms with Crippen LogP contribution < -0.4 is 5.32 Å². The normalized spacial score (nSPS) is 10.4. The van der Waals surface area contributed by atoms with Gasteiger partial charge in [-0.1, -0.05) is 12.1 Å². The maximum atomic E-state index is 12.7. The van der Waals surface area contributed by atoms with Crippen molar-refractivity contribution < 1.29 is 14.3 Å². The average Bonchev–Trinajstić information content (AvgIpc) is 2.85. The molecule has 6 nitrogen and oxygen atoms in total. The lowest BCUT2D eigenvalue weighted by molar-refractivity contribution is 0.0513.